The molecule has 1 aliphatic rings. The zero-order valence-corrected chi connectivity index (χ0v) is 13.8. The Morgan fingerprint density at radius 3 is 3.15 bits per heavy atom. The van der Waals surface area contributed by atoms with Crippen molar-refractivity contribution in [3.05, 3.63) is 34.1 Å². The van der Waals surface area contributed by atoms with E-state index in [2.05, 4.69) is 30.2 Å². The van der Waals surface area contributed by atoms with E-state index in [0.29, 0.717) is 21.1 Å². The number of nitrogens with one attached hydrogen (secondary N) is 1. The van der Waals surface area contributed by atoms with Gasteiger partial charge in [0.05, 0.1) is 0 Å². The number of imidazole rings is 1. The van der Waals surface area contributed by atoms with Crippen molar-refractivity contribution in [3.63, 3.8) is 0 Å². The summed E-state index contributed by atoms with van der Waals surface area (Å²) >= 11 is 4.48. The lowest BCUT2D eigenvalue weighted by Gasteiger charge is -2.23. The van der Waals surface area contributed by atoms with Gasteiger partial charge in [-0.2, -0.15) is 0 Å². The predicted molar refractivity (Wildman–Crippen MR) is 81.2 cm³/mol. The van der Waals surface area contributed by atoms with Crippen molar-refractivity contribution in [2.45, 2.75) is 23.6 Å². The lowest BCUT2D eigenvalue weighted by atomic mass is 9.98. The predicted octanol–water partition coefficient (Wildman–Crippen LogP) is 2.25. The van der Waals surface area contributed by atoms with Gasteiger partial charge in [-0.15, -0.1) is 11.3 Å². The van der Waals surface area contributed by atoms with E-state index in [1.807, 2.05) is 6.20 Å². The highest BCUT2D eigenvalue weighted by atomic mass is 79.9. The van der Waals surface area contributed by atoms with Gasteiger partial charge < -0.3 is 4.57 Å². The molecule has 3 rings (SSSR count). The van der Waals surface area contributed by atoms with Gasteiger partial charge in [-0.05, 0) is 39.7 Å². The first-order chi connectivity index (χ1) is 9.56. The van der Waals surface area contributed by atoms with Crippen LogP contribution in [0.4, 0.5) is 0 Å². The first-order valence-corrected chi connectivity index (χ1v) is 9.44. The third-order valence-corrected chi connectivity index (χ3v) is 7.54. The Kier molecular flexibility index (Phi) is 3.98. The second-order valence-electron chi connectivity index (χ2n) is 4.80. The molecule has 0 aliphatic carbocycles. The number of rotatable bonds is 4. The van der Waals surface area contributed by atoms with Gasteiger partial charge in [0.15, 0.2) is 0 Å². The van der Waals surface area contributed by atoms with E-state index >= 15 is 0 Å². The van der Waals surface area contributed by atoms with Crippen LogP contribution in [-0.2, 0) is 23.0 Å². The molecule has 2 aromatic rings. The first kappa shape index (κ1) is 14.2. The molecule has 1 N–H and O–H groups in total. The topological polar surface area (TPSA) is 64.0 Å². The molecule has 0 spiro atoms. The SMILES string of the molecule is O=S(=O)(NC[C@@H]1CCn2ccnc2C1)c1sccc1Br. The highest BCUT2D eigenvalue weighted by Crippen LogP contribution is 2.27. The summed E-state index contributed by atoms with van der Waals surface area (Å²) in [6.07, 6.45) is 5.56. The van der Waals surface area contributed by atoms with E-state index in [-0.39, 0.29) is 0 Å². The molecule has 0 unspecified atom stereocenters. The van der Waals surface area contributed by atoms with Gasteiger partial charge >= 0.3 is 0 Å². The Hall–Kier alpha value is -0.700. The number of nitrogens with zero attached hydrogens (tertiary/aromatic N) is 2. The standard InChI is InChI=1S/C12H14BrN3O2S2/c13-10-2-6-19-12(10)20(17,18)15-8-9-1-4-16-5-3-14-11(16)7-9/h2-3,5-6,9,15H,1,4,7-8H2/t9-/m1/s1. The quantitative estimate of drug-likeness (QED) is 0.890. The van der Waals surface area contributed by atoms with Crippen molar-refractivity contribution in [1.82, 2.24) is 14.3 Å². The van der Waals surface area contributed by atoms with E-state index in [9.17, 15) is 8.42 Å². The molecule has 0 amide bonds. The number of halogens is 1. The number of hydrogen-bond donors (Lipinski definition) is 1. The van der Waals surface area contributed by atoms with Crippen LogP contribution in [0.1, 0.15) is 12.2 Å². The summed E-state index contributed by atoms with van der Waals surface area (Å²) in [7, 11) is -3.42. The van der Waals surface area contributed by atoms with E-state index in [0.717, 1.165) is 25.2 Å². The van der Waals surface area contributed by atoms with Crippen LogP contribution in [0.25, 0.3) is 0 Å². The minimum atomic E-state index is -3.42. The van der Waals surface area contributed by atoms with Crippen molar-refractivity contribution >= 4 is 37.3 Å². The molecule has 2 aromatic heterocycles. The molecular formula is C12H14BrN3O2S2. The number of hydrogen-bond acceptors (Lipinski definition) is 4. The summed E-state index contributed by atoms with van der Waals surface area (Å²) in [6, 6.07) is 1.75. The third-order valence-electron chi connectivity index (χ3n) is 3.44. The smallest absolute Gasteiger partial charge is 0.251 e. The molecule has 0 saturated heterocycles. The molecule has 0 saturated carbocycles. The highest BCUT2D eigenvalue weighted by Gasteiger charge is 2.23. The van der Waals surface area contributed by atoms with Crippen LogP contribution in [0.3, 0.4) is 0 Å². The van der Waals surface area contributed by atoms with Crippen LogP contribution in [0.15, 0.2) is 32.5 Å². The summed E-state index contributed by atoms with van der Waals surface area (Å²) in [5.41, 5.74) is 0. The zero-order chi connectivity index (χ0) is 14.2. The van der Waals surface area contributed by atoms with Crippen molar-refractivity contribution in [2.24, 2.45) is 5.92 Å². The second kappa shape index (κ2) is 5.59. The maximum atomic E-state index is 12.2. The van der Waals surface area contributed by atoms with Gasteiger partial charge in [0.2, 0.25) is 0 Å². The van der Waals surface area contributed by atoms with Crippen molar-refractivity contribution in [2.75, 3.05) is 6.54 Å². The molecule has 0 aromatic carbocycles. The molecule has 20 heavy (non-hydrogen) atoms. The molecule has 3 heterocycles. The molecule has 1 atom stereocenters. The fourth-order valence-electron chi connectivity index (χ4n) is 2.35. The Morgan fingerprint density at radius 2 is 2.40 bits per heavy atom. The average Bonchev–Trinajstić information content (AvgIpc) is 3.04. The molecule has 0 radical (unpaired) electrons. The monoisotopic (exact) mass is 375 g/mol. The van der Waals surface area contributed by atoms with Crippen LogP contribution < -0.4 is 4.72 Å². The molecule has 1 aliphatic heterocycles. The van der Waals surface area contributed by atoms with Gasteiger partial charge in [-0.3, -0.25) is 0 Å². The van der Waals surface area contributed by atoms with Crippen LogP contribution >= 0.6 is 27.3 Å². The number of thiophene rings is 1. The lowest BCUT2D eigenvalue weighted by molar-refractivity contribution is 0.379. The first-order valence-electron chi connectivity index (χ1n) is 6.29. The van der Waals surface area contributed by atoms with Crippen LogP contribution in [0.5, 0.6) is 0 Å². The molecule has 8 heteroatoms. The van der Waals surface area contributed by atoms with Crippen LogP contribution in [0, 0.1) is 5.92 Å². The minimum absolute atomic E-state index is 0.304. The van der Waals surface area contributed by atoms with E-state index < -0.39 is 10.0 Å². The molecule has 108 valence electrons. The molecular weight excluding hydrogens is 362 g/mol. The van der Waals surface area contributed by atoms with Gasteiger partial charge in [0.1, 0.15) is 10.0 Å². The van der Waals surface area contributed by atoms with Gasteiger partial charge in [0, 0.05) is 36.4 Å². The largest absolute Gasteiger partial charge is 0.335 e. The summed E-state index contributed by atoms with van der Waals surface area (Å²) in [5.74, 6) is 1.34. The number of fused-ring (bicyclic) bond motifs is 1. The van der Waals surface area contributed by atoms with E-state index in [1.165, 1.54) is 11.3 Å². The fourth-order valence-corrected chi connectivity index (χ4v) is 5.85. The van der Waals surface area contributed by atoms with Crippen LogP contribution in [0.2, 0.25) is 0 Å². The van der Waals surface area contributed by atoms with Crippen molar-refractivity contribution in [1.29, 1.82) is 0 Å². The lowest BCUT2D eigenvalue weighted by Crippen LogP contribution is -2.33. The Bertz CT molecular complexity index is 708. The number of sulfonamides is 1. The Balaban J connectivity index is 1.65. The van der Waals surface area contributed by atoms with E-state index in [4.69, 9.17) is 0 Å². The fraction of sp³-hybridized carbons (Fsp3) is 0.417. The zero-order valence-electron chi connectivity index (χ0n) is 10.6. The highest BCUT2D eigenvalue weighted by molar-refractivity contribution is 9.10. The third kappa shape index (κ3) is 2.83. The summed E-state index contributed by atoms with van der Waals surface area (Å²) in [4.78, 5) is 4.30. The number of aromatic nitrogens is 2. The maximum Gasteiger partial charge on any atom is 0.251 e. The van der Waals surface area contributed by atoms with E-state index in [1.54, 1.807) is 17.6 Å². The minimum Gasteiger partial charge on any atom is -0.335 e. The molecule has 5 nitrogen and oxygen atoms in total. The Morgan fingerprint density at radius 1 is 1.55 bits per heavy atom. The average molecular weight is 376 g/mol. The van der Waals surface area contributed by atoms with Gasteiger partial charge in [-0.1, -0.05) is 0 Å². The normalized spacial score (nSPS) is 18.9. The van der Waals surface area contributed by atoms with Crippen molar-refractivity contribution < 1.29 is 8.42 Å². The summed E-state index contributed by atoms with van der Waals surface area (Å²) in [5, 5.41) is 1.76. The van der Waals surface area contributed by atoms with Gasteiger partial charge in [-0.25, -0.2) is 18.1 Å². The summed E-state index contributed by atoms with van der Waals surface area (Å²) < 4.78 is 30.2. The maximum absolute atomic E-state index is 12.2. The summed E-state index contributed by atoms with van der Waals surface area (Å²) in [6.45, 7) is 1.37. The van der Waals surface area contributed by atoms with Crippen LogP contribution in [-0.4, -0.2) is 24.5 Å². The molecule has 0 fully saturated rings. The molecule has 0 bridgehead atoms. The van der Waals surface area contributed by atoms with Crippen molar-refractivity contribution in [3.8, 4) is 0 Å². The number of aryl methyl sites for hydroxylation is 1. The van der Waals surface area contributed by atoms with Gasteiger partial charge in [0.25, 0.3) is 10.0 Å². The Labute approximate surface area is 130 Å². The second-order valence-corrected chi connectivity index (χ2v) is 8.54.